The SMILES string of the molecule is C=C(C)CNC(=O)c1ccc(CN(CC)CC)o1. The maximum absolute atomic E-state index is 11.7. The molecule has 0 fully saturated rings. The van der Waals surface area contributed by atoms with Crippen LogP contribution in [-0.4, -0.2) is 30.4 Å². The van der Waals surface area contributed by atoms with Crippen molar-refractivity contribution < 1.29 is 9.21 Å². The number of carbonyl (C=O) groups is 1. The standard InChI is InChI=1S/C14H22N2O2/c1-5-16(6-2)10-12-7-8-13(18-12)14(17)15-9-11(3)4/h7-8H,3,5-6,9-10H2,1-2,4H3,(H,15,17). The van der Waals surface area contributed by atoms with Crippen molar-refractivity contribution in [1.82, 2.24) is 10.2 Å². The Balaban J connectivity index is 2.57. The van der Waals surface area contributed by atoms with Crippen molar-refractivity contribution in [3.05, 3.63) is 35.8 Å². The number of furan rings is 1. The number of hydrogen-bond acceptors (Lipinski definition) is 3. The van der Waals surface area contributed by atoms with Crippen LogP contribution in [0.1, 0.15) is 37.1 Å². The zero-order chi connectivity index (χ0) is 13.5. The van der Waals surface area contributed by atoms with Crippen LogP contribution in [0.3, 0.4) is 0 Å². The van der Waals surface area contributed by atoms with Gasteiger partial charge in [0.25, 0.3) is 5.91 Å². The van der Waals surface area contributed by atoms with Gasteiger partial charge < -0.3 is 9.73 Å². The van der Waals surface area contributed by atoms with Gasteiger partial charge in [-0.3, -0.25) is 9.69 Å². The molecule has 0 aliphatic carbocycles. The fourth-order valence-electron chi connectivity index (χ4n) is 1.57. The Kier molecular flexibility index (Phi) is 5.65. The highest BCUT2D eigenvalue weighted by atomic mass is 16.4. The van der Waals surface area contributed by atoms with Crippen LogP contribution in [0.2, 0.25) is 0 Å². The van der Waals surface area contributed by atoms with Gasteiger partial charge in [0.2, 0.25) is 0 Å². The molecule has 1 rings (SSSR count). The lowest BCUT2D eigenvalue weighted by atomic mass is 10.3. The van der Waals surface area contributed by atoms with E-state index in [0.29, 0.717) is 12.3 Å². The van der Waals surface area contributed by atoms with Crippen molar-refractivity contribution in [2.75, 3.05) is 19.6 Å². The summed E-state index contributed by atoms with van der Waals surface area (Å²) in [6, 6.07) is 3.57. The van der Waals surface area contributed by atoms with Crippen LogP contribution in [0.4, 0.5) is 0 Å². The Morgan fingerprint density at radius 1 is 1.39 bits per heavy atom. The second-order valence-corrected chi connectivity index (χ2v) is 4.37. The summed E-state index contributed by atoms with van der Waals surface area (Å²) in [6.07, 6.45) is 0. The molecule has 1 aromatic rings. The third kappa shape index (κ3) is 4.37. The molecule has 0 aliphatic heterocycles. The molecule has 1 amide bonds. The number of nitrogens with one attached hydrogen (secondary N) is 1. The van der Waals surface area contributed by atoms with E-state index in [4.69, 9.17) is 4.42 Å². The van der Waals surface area contributed by atoms with E-state index in [1.54, 1.807) is 6.07 Å². The molecule has 18 heavy (non-hydrogen) atoms. The lowest BCUT2D eigenvalue weighted by molar-refractivity contribution is 0.0925. The normalized spacial score (nSPS) is 10.7. The van der Waals surface area contributed by atoms with Gasteiger partial charge in [0.1, 0.15) is 5.76 Å². The van der Waals surface area contributed by atoms with Gasteiger partial charge in [-0.05, 0) is 32.1 Å². The molecule has 100 valence electrons. The third-order valence-electron chi connectivity index (χ3n) is 2.71. The Labute approximate surface area is 109 Å². The van der Waals surface area contributed by atoms with Gasteiger partial charge in [0, 0.05) is 6.54 Å². The van der Waals surface area contributed by atoms with Crippen molar-refractivity contribution in [2.24, 2.45) is 0 Å². The molecule has 0 bridgehead atoms. The first kappa shape index (κ1) is 14.5. The van der Waals surface area contributed by atoms with E-state index >= 15 is 0 Å². The van der Waals surface area contributed by atoms with E-state index in [0.717, 1.165) is 31.0 Å². The molecular formula is C14H22N2O2. The predicted molar refractivity (Wildman–Crippen MR) is 72.5 cm³/mol. The fraction of sp³-hybridized carbons (Fsp3) is 0.500. The summed E-state index contributed by atoms with van der Waals surface area (Å²) in [5.74, 6) is 0.987. The quantitative estimate of drug-likeness (QED) is 0.756. The number of nitrogens with zero attached hydrogens (tertiary/aromatic N) is 1. The third-order valence-corrected chi connectivity index (χ3v) is 2.71. The Morgan fingerprint density at radius 2 is 2.06 bits per heavy atom. The van der Waals surface area contributed by atoms with Gasteiger partial charge >= 0.3 is 0 Å². The van der Waals surface area contributed by atoms with Crippen LogP contribution in [0.15, 0.2) is 28.7 Å². The first-order valence-electron chi connectivity index (χ1n) is 6.30. The molecule has 4 nitrogen and oxygen atoms in total. The van der Waals surface area contributed by atoms with Gasteiger partial charge in [-0.1, -0.05) is 26.0 Å². The van der Waals surface area contributed by atoms with Crippen molar-refractivity contribution in [3.8, 4) is 0 Å². The minimum atomic E-state index is -0.191. The van der Waals surface area contributed by atoms with Crippen LogP contribution >= 0.6 is 0 Å². The average Bonchev–Trinajstić information content (AvgIpc) is 2.81. The van der Waals surface area contributed by atoms with Crippen molar-refractivity contribution in [3.63, 3.8) is 0 Å². The highest BCUT2D eigenvalue weighted by Gasteiger charge is 2.11. The summed E-state index contributed by atoms with van der Waals surface area (Å²) in [7, 11) is 0. The van der Waals surface area contributed by atoms with Gasteiger partial charge in [-0.25, -0.2) is 0 Å². The number of amides is 1. The first-order valence-corrected chi connectivity index (χ1v) is 6.30. The van der Waals surface area contributed by atoms with Gasteiger partial charge in [0.05, 0.1) is 6.54 Å². The molecule has 1 aromatic heterocycles. The van der Waals surface area contributed by atoms with Crippen LogP contribution in [0.5, 0.6) is 0 Å². The Hall–Kier alpha value is -1.55. The maximum atomic E-state index is 11.7. The van der Waals surface area contributed by atoms with Crippen molar-refractivity contribution in [2.45, 2.75) is 27.3 Å². The Morgan fingerprint density at radius 3 is 2.61 bits per heavy atom. The van der Waals surface area contributed by atoms with E-state index in [9.17, 15) is 4.79 Å². The molecule has 0 unspecified atom stereocenters. The molecule has 0 aromatic carbocycles. The zero-order valence-corrected chi connectivity index (χ0v) is 11.5. The van der Waals surface area contributed by atoms with Crippen molar-refractivity contribution >= 4 is 5.91 Å². The first-order chi connectivity index (χ1) is 8.56. The summed E-state index contributed by atoms with van der Waals surface area (Å²) in [5.41, 5.74) is 0.915. The number of hydrogen-bond donors (Lipinski definition) is 1. The fourth-order valence-corrected chi connectivity index (χ4v) is 1.57. The van der Waals surface area contributed by atoms with E-state index in [-0.39, 0.29) is 5.91 Å². The van der Waals surface area contributed by atoms with E-state index < -0.39 is 0 Å². The highest BCUT2D eigenvalue weighted by Crippen LogP contribution is 2.10. The Bertz CT molecular complexity index is 406. The highest BCUT2D eigenvalue weighted by molar-refractivity contribution is 5.91. The van der Waals surface area contributed by atoms with Gasteiger partial charge in [0.15, 0.2) is 5.76 Å². The summed E-state index contributed by atoms with van der Waals surface area (Å²) in [4.78, 5) is 14.0. The lowest BCUT2D eigenvalue weighted by Gasteiger charge is -2.15. The summed E-state index contributed by atoms with van der Waals surface area (Å²) in [6.45, 7) is 13.0. The molecule has 0 aliphatic rings. The van der Waals surface area contributed by atoms with E-state index in [2.05, 4.69) is 30.6 Å². The molecule has 0 spiro atoms. The van der Waals surface area contributed by atoms with E-state index in [1.165, 1.54) is 0 Å². The molecule has 4 heteroatoms. The summed E-state index contributed by atoms with van der Waals surface area (Å²) >= 11 is 0. The molecule has 0 atom stereocenters. The molecule has 0 saturated heterocycles. The number of carbonyl (C=O) groups excluding carboxylic acids is 1. The number of rotatable bonds is 7. The molecule has 1 N–H and O–H groups in total. The maximum Gasteiger partial charge on any atom is 0.287 e. The van der Waals surface area contributed by atoms with E-state index in [1.807, 2.05) is 13.0 Å². The molecule has 0 saturated carbocycles. The largest absolute Gasteiger partial charge is 0.455 e. The second kappa shape index (κ2) is 7.01. The monoisotopic (exact) mass is 250 g/mol. The zero-order valence-electron chi connectivity index (χ0n) is 11.5. The molecular weight excluding hydrogens is 228 g/mol. The van der Waals surface area contributed by atoms with Crippen LogP contribution < -0.4 is 5.32 Å². The minimum Gasteiger partial charge on any atom is -0.455 e. The summed E-state index contributed by atoms with van der Waals surface area (Å²) in [5, 5.41) is 2.75. The minimum absolute atomic E-state index is 0.191. The topological polar surface area (TPSA) is 45.5 Å². The average molecular weight is 250 g/mol. The molecule has 0 radical (unpaired) electrons. The molecule has 1 heterocycles. The van der Waals surface area contributed by atoms with Gasteiger partial charge in [-0.15, -0.1) is 0 Å². The summed E-state index contributed by atoms with van der Waals surface area (Å²) < 4.78 is 5.53. The van der Waals surface area contributed by atoms with Crippen LogP contribution in [-0.2, 0) is 6.54 Å². The second-order valence-electron chi connectivity index (χ2n) is 4.37. The lowest BCUT2D eigenvalue weighted by Crippen LogP contribution is -2.24. The predicted octanol–water partition coefficient (Wildman–Crippen LogP) is 2.43. The van der Waals surface area contributed by atoms with Gasteiger partial charge in [-0.2, -0.15) is 0 Å². The smallest absolute Gasteiger partial charge is 0.287 e. The van der Waals surface area contributed by atoms with Crippen molar-refractivity contribution in [1.29, 1.82) is 0 Å². The van der Waals surface area contributed by atoms with Crippen LogP contribution in [0.25, 0.3) is 0 Å². The van der Waals surface area contributed by atoms with Crippen LogP contribution in [0, 0.1) is 0 Å².